The van der Waals surface area contributed by atoms with Crippen LogP contribution in [-0.4, -0.2) is 80.2 Å². The molecule has 3 N–H and O–H groups in total. The van der Waals surface area contributed by atoms with Gasteiger partial charge in [-0.05, 0) is 70.5 Å². The number of nitrogens with zero attached hydrogens (tertiary/aromatic N) is 1. The lowest BCUT2D eigenvalue weighted by molar-refractivity contribution is -0.135. The zero-order valence-electron chi connectivity index (χ0n) is 20.0. The van der Waals surface area contributed by atoms with E-state index in [1.807, 2.05) is 38.1 Å². The summed E-state index contributed by atoms with van der Waals surface area (Å²) in [6, 6.07) is 7.46. The molecule has 3 aliphatic rings. The Morgan fingerprint density at radius 2 is 1.91 bits per heavy atom. The highest BCUT2D eigenvalue weighted by Crippen LogP contribution is 2.23. The largest absolute Gasteiger partial charge is 0.491 e. The van der Waals surface area contributed by atoms with Gasteiger partial charge in [-0.15, -0.1) is 0 Å². The third kappa shape index (κ3) is 6.34. The average molecular weight is 473 g/mol. The molecule has 1 aromatic carbocycles. The molecule has 4 rings (SSSR count). The van der Waals surface area contributed by atoms with E-state index in [1.54, 1.807) is 0 Å². The van der Waals surface area contributed by atoms with E-state index in [4.69, 9.17) is 9.47 Å². The second kappa shape index (κ2) is 11.3. The van der Waals surface area contributed by atoms with E-state index in [0.29, 0.717) is 45.0 Å². The summed E-state index contributed by atoms with van der Waals surface area (Å²) in [6.45, 7) is 7.10. The highest BCUT2D eigenvalue weighted by molar-refractivity contribution is 5.98. The summed E-state index contributed by atoms with van der Waals surface area (Å²) in [5.74, 6) is 0.655. The number of hydrogen-bond donors (Lipinski definition) is 3. The Morgan fingerprint density at radius 3 is 2.62 bits per heavy atom. The van der Waals surface area contributed by atoms with E-state index in [-0.39, 0.29) is 47.7 Å². The molecule has 0 saturated carbocycles. The Hall–Kier alpha value is -2.49. The number of ketones is 1. The third-order valence-corrected chi connectivity index (χ3v) is 6.76. The van der Waals surface area contributed by atoms with Crippen LogP contribution in [-0.2, 0) is 14.3 Å². The highest BCUT2D eigenvalue weighted by Gasteiger charge is 2.38. The first-order valence-corrected chi connectivity index (χ1v) is 12.3. The molecule has 3 heterocycles. The molecular formula is C25H36N4O5. The van der Waals surface area contributed by atoms with Crippen molar-refractivity contribution in [3.8, 4) is 5.75 Å². The molecule has 2 amide bonds. The molecule has 3 aliphatic heterocycles. The number of carbonyl (C=O) groups excluding carboxylic acids is 3. The van der Waals surface area contributed by atoms with Gasteiger partial charge < -0.3 is 20.1 Å². The minimum Gasteiger partial charge on any atom is -0.491 e. The number of Topliss-reactive ketones (excluding diaryl/α,β-unsaturated/α-hetero) is 1. The lowest BCUT2D eigenvalue weighted by Crippen LogP contribution is -2.66. The van der Waals surface area contributed by atoms with Crippen molar-refractivity contribution in [1.29, 1.82) is 0 Å². The normalized spacial score (nSPS) is 26.0. The van der Waals surface area contributed by atoms with Crippen molar-refractivity contribution in [2.45, 2.75) is 51.4 Å². The van der Waals surface area contributed by atoms with E-state index in [1.165, 1.54) is 0 Å². The van der Waals surface area contributed by atoms with Crippen molar-refractivity contribution in [1.82, 2.24) is 20.9 Å². The van der Waals surface area contributed by atoms with Crippen LogP contribution in [0, 0.1) is 11.8 Å². The number of likely N-dealkylation sites (tertiary alicyclic amines) is 1. The summed E-state index contributed by atoms with van der Waals surface area (Å²) in [7, 11) is 0. The van der Waals surface area contributed by atoms with Gasteiger partial charge in [0.05, 0.1) is 37.9 Å². The predicted molar refractivity (Wildman–Crippen MR) is 126 cm³/mol. The molecule has 0 aliphatic carbocycles. The molecule has 186 valence electrons. The first-order chi connectivity index (χ1) is 16.4. The second-order valence-corrected chi connectivity index (χ2v) is 9.71. The number of nitrogens with one attached hydrogen (secondary N) is 3. The summed E-state index contributed by atoms with van der Waals surface area (Å²) in [5, 5.41) is 9.25. The Balaban J connectivity index is 1.17. The number of amides is 2. The molecule has 1 aromatic rings. The van der Waals surface area contributed by atoms with Crippen molar-refractivity contribution in [2.75, 3.05) is 39.4 Å². The van der Waals surface area contributed by atoms with Gasteiger partial charge in [-0.25, -0.2) is 0 Å². The molecular weight excluding hydrogens is 436 g/mol. The van der Waals surface area contributed by atoms with E-state index in [2.05, 4.69) is 20.9 Å². The zero-order chi connectivity index (χ0) is 24.1. The van der Waals surface area contributed by atoms with Gasteiger partial charge in [-0.3, -0.25) is 24.6 Å². The van der Waals surface area contributed by atoms with Crippen LogP contribution in [0.25, 0.3) is 0 Å². The molecule has 34 heavy (non-hydrogen) atoms. The van der Waals surface area contributed by atoms with Crippen LogP contribution in [0.3, 0.4) is 0 Å². The number of hydrogen-bond acceptors (Lipinski definition) is 7. The van der Waals surface area contributed by atoms with Gasteiger partial charge in [-0.1, -0.05) is 0 Å². The first kappa shape index (κ1) is 24.6. The number of rotatable bonds is 8. The highest BCUT2D eigenvalue weighted by atomic mass is 16.5. The summed E-state index contributed by atoms with van der Waals surface area (Å²) in [4.78, 5) is 39.7. The lowest BCUT2D eigenvalue weighted by atomic mass is 9.89. The molecule has 0 aromatic heterocycles. The van der Waals surface area contributed by atoms with Gasteiger partial charge in [-0.2, -0.15) is 0 Å². The van der Waals surface area contributed by atoms with E-state index in [9.17, 15) is 14.4 Å². The van der Waals surface area contributed by atoms with Gasteiger partial charge in [0.15, 0.2) is 5.78 Å². The maximum absolute atomic E-state index is 12.9. The van der Waals surface area contributed by atoms with Gasteiger partial charge >= 0.3 is 0 Å². The number of fused-ring (bicyclic) bond motifs is 1. The molecule has 0 radical (unpaired) electrons. The molecule has 3 fully saturated rings. The summed E-state index contributed by atoms with van der Waals surface area (Å²) >= 11 is 0. The van der Waals surface area contributed by atoms with Gasteiger partial charge in [0.1, 0.15) is 5.75 Å². The topological polar surface area (TPSA) is 109 Å². The number of piperidine rings is 1. The van der Waals surface area contributed by atoms with E-state index < -0.39 is 0 Å². The van der Waals surface area contributed by atoms with Crippen LogP contribution in [0.4, 0.5) is 0 Å². The monoisotopic (exact) mass is 472 g/mol. The molecule has 0 bridgehead atoms. The van der Waals surface area contributed by atoms with Gasteiger partial charge in [0, 0.05) is 24.1 Å². The minimum atomic E-state index is -0.267. The zero-order valence-corrected chi connectivity index (χ0v) is 20.0. The summed E-state index contributed by atoms with van der Waals surface area (Å²) in [6.07, 6.45) is 2.10. The Bertz CT molecular complexity index is 867. The average Bonchev–Trinajstić information content (AvgIpc) is 2.83. The van der Waals surface area contributed by atoms with Crippen molar-refractivity contribution in [2.24, 2.45) is 11.8 Å². The van der Waals surface area contributed by atoms with Crippen LogP contribution in [0.5, 0.6) is 5.75 Å². The third-order valence-electron chi connectivity index (χ3n) is 6.76. The van der Waals surface area contributed by atoms with Crippen molar-refractivity contribution >= 4 is 17.6 Å². The minimum absolute atomic E-state index is 0.0171. The second-order valence-electron chi connectivity index (χ2n) is 9.71. The van der Waals surface area contributed by atoms with Crippen LogP contribution in [0.2, 0.25) is 0 Å². The van der Waals surface area contributed by atoms with E-state index >= 15 is 0 Å². The van der Waals surface area contributed by atoms with Crippen LogP contribution < -0.4 is 20.7 Å². The molecule has 9 nitrogen and oxygen atoms in total. The van der Waals surface area contributed by atoms with Gasteiger partial charge in [0.2, 0.25) is 11.8 Å². The standard InChI is InChI=1S/C25H36N4O5/c1-16(2)34-19-5-3-17(4-6-19)24(31)18-7-10-29(11-8-18)14-23(30)26-13-22-27-21-9-12-33-15-20(21)25(32)28-22/h3-6,16,18,20-22,27H,7-15H2,1-2H3,(H,26,30)(H,28,32). The number of ether oxygens (including phenoxy) is 2. The molecule has 3 atom stereocenters. The maximum atomic E-state index is 12.9. The Kier molecular flexibility index (Phi) is 8.18. The van der Waals surface area contributed by atoms with Crippen molar-refractivity contribution in [3.63, 3.8) is 0 Å². The lowest BCUT2D eigenvalue weighted by Gasteiger charge is -2.40. The fourth-order valence-corrected chi connectivity index (χ4v) is 4.92. The van der Waals surface area contributed by atoms with Crippen LogP contribution in [0.15, 0.2) is 24.3 Å². The van der Waals surface area contributed by atoms with Crippen molar-refractivity contribution < 1.29 is 23.9 Å². The quantitative estimate of drug-likeness (QED) is 0.483. The van der Waals surface area contributed by atoms with E-state index in [0.717, 1.165) is 25.0 Å². The summed E-state index contributed by atoms with van der Waals surface area (Å²) < 4.78 is 11.0. The smallest absolute Gasteiger partial charge is 0.234 e. The molecule has 3 saturated heterocycles. The maximum Gasteiger partial charge on any atom is 0.234 e. The summed E-state index contributed by atoms with van der Waals surface area (Å²) in [5.41, 5.74) is 0.709. The number of benzene rings is 1. The molecule has 3 unspecified atom stereocenters. The molecule has 9 heteroatoms. The van der Waals surface area contributed by atoms with Crippen LogP contribution >= 0.6 is 0 Å². The van der Waals surface area contributed by atoms with Crippen LogP contribution in [0.1, 0.15) is 43.5 Å². The predicted octanol–water partition coefficient (Wildman–Crippen LogP) is 0.935. The fourth-order valence-electron chi connectivity index (χ4n) is 4.92. The number of carbonyl (C=O) groups is 3. The molecule has 0 spiro atoms. The Morgan fingerprint density at radius 1 is 1.18 bits per heavy atom. The Labute approximate surface area is 200 Å². The van der Waals surface area contributed by atoms with Gasteiger partial charge in [0.25, 0.3) is 0 Å². The first-order valence-electron chi connectivity index (χ1n) is 12.3. The SMILES string of the molecule is CC(C)Oc1ccc(C(=O)C2CCN(CC(=O)NCC3NC(=O)C4COCCC4N3)CC2)cc1. The fraction of sp³-hybridized carbons (Fsp3) is 0.640. The van der Waals surface area contributed by atoms with Crippen molar-refractivity contribution in [3.05, 3.63) is 29.8 Å².